The Morgan fingerprint density at radius 1 is 1.31 bits per heavy atom. The summed E-state index contributed by atoms with van der Waals surface area (Å²) in [7, 11) is 0. The number of carboxylic acids is 1. The van der Waals surface area contributed by atoms with E-state index in [4.69, 9.17) is 10.8 Å². The van der Waals surface area contributed by atoms with Gasteiger partial charge in [0.25, 0.3) is 0 Å². The average Bonchev–Trinajstić information content (AvgIpc) is 2.03. The molecule has 1 fully saturated rings. The molecule has 1 rings (SSSR count). The molecular formula is C9H14NO3. The molecule has 0 bridgehead atoms. The minimum atomic E-state index is -0.814. The molecule has 1 amide bonds. The van der Waals surface area contributed by atoms with E-state index >= 15 is 0 Å². The molecule has 4 nitrogen and oxygen atoms in total. The van der Waals surface area contributed by atoms with E-state index < -0.39 is 17.8 Å². The van der Waals surface area contributed by atoms with E-state index in [0.717, 1.165) is 19.3 Å². The Kier molecular flexibility index (Phi) is 3.28. The highest BCUT2D eigenvalue weighted by molar-refractivity contribution is 5.75. The maximum atomic E-state index is 10.8. The smallest absolute Gasteiger partial charge is 0.306 e. The van der Waals surface area contributed by atoms with Crippen LogP contribution in [0.4, 0.5) is 0 Å². The van der Waals surface area contributed by atoms with Crippen molar-refractivity contribution >= 4 is 11.9 Å². The van der Waals surface area contributed by atoms with E-state index in [1.54, 1.807) is 0 Å². The summed E-state index contributed by atoms with van der Waals surface area (Å²) >= 11 is 0. The van der Waals surface area contributed by atoms with Crippen molar-refractivity contribution in [2.75, 3.05) is 0 Å². The third kappa shape index (κ3) is 2.72. The summed E-state index contributed by atoms with van der Waals surface area (Å²) in [5.74, 6) is -1.96. The van der Waals surface area contributed by atoms with Gasteiger partial charge in [-0.1, -0.05) is 12.8 Å². The zero-order chi connectivity index (χ0) is 9.84. The molecule has 1 saturated carbocycles. The number of carbonyl (C=O) groups is 2. The Balaban J connectivity index is 2.56. The Morgan fingerprint density at radius 3 is 2.46 bits per heavy atom. The molecule has 13 heavy (non-hydrogen) atoms. The van der Waals surface area contributed by atoms with Crippen LogP contribution in [0.15, 0.2) is 0 Å². The van der Waals surface area contributed by atoms with Crippen molar-refractivity contribution in [3.05, 3.63) is 0 Å². The molecule has 0 aliphatic heterocycles. The van der Waals surface area contributed by atoms with Gasteiger partial charge in [0, 0.05) is 6.42 Å². The van der Waals surface area contributed by atoms with E-state index in [1.165, 1.54) is 0 Å². The number of amides is 1. The zero-order valence-corrected chi connectivity index (χ0v) is 7.45. The summed E-state index contributed by atoms with van der Waals surface area (Å²) < 4.78 is 0. The zero-order valence-electron chi connectivity index (χ0n) is 7.45. The lowest BCUT2D eigenvalue weighted by atomic mass is 9.77. The second-order valence-corrected chi connectivity index (χ2v) is 3.62. The SMILES string of the molecule is [NH]C(=O)CC1CCCCC1C(=O)O. The first kappa shape index (κ1) is 10.0. The summed E-state index contributed by atoms with van der Waals surface area (Å²) in [5.41, 5.74) is 6.81. The van der Waals surface area contributed by atoms with Crippen molar-refractivity contribution in [1.29, 1.82) is 0 Å². The molecule has 1 aliphatic carbocycles. The molecule has 1 radical (unpaired) electrons. The Morgan fingerprint density at radius 2 is 1.92 bits per heavy atom. The van der Waals surface area contributed by atoms with E-state index in [0.29, 0.717) is 6.42 Å². The fourth-order valence-corrected chi connectivity index (χ4v) is 2.02. The van der Waals surface area contributed by atoms with Crippen molar-refractivity contribution in [3.63, 3.8) is 0 Å². The number of aliphatic carboxylic acids is 1. The molecule has 0 aromatic heterocycles. The minimum Gasteiger partial charge on any atom is -0.481 e. The summed E-state index contributed by atoms with van der Waals surface area (Å²) in [5, 5.41) is 8.85. The van der Waals surface area contributed by atoms with Crippen molar-refractivity contribution < 1.29 is 14.7 Å². The van der Waals surface area contributed by atoms with Gasteiger partial charge in [0.05, 0.1) is 5.92 Å². The van der Waals surface area contributed by atoms with Gasteiger partial charge in [-0.15, -0.1) is 0 Å². The molecule has 2 atom stereocenters. The highest BCUT2D eigenvalue weighted by Gasteiger charge is 2.31. The Labute approximate surface area is 77.1 Å². The van der Waals surface area contributed by atoms with E-state index in [-0.39, 0.29) is 12.3 Å². The summed E-state index contributed by atoms with van der Waals surface area (Å²) in [4.78, 5) is 21.3. The third-order valence-electron chi connectivity index (χ3n) is 2.67. The largest absolute Gasteiger partial charge is 0.481 e. The molecule has 1 aliphatic rings. The van der Waals surface area contributed by atoms with Crippen LogP contribution in [0, 0.1) is 11.8 Å². The minimum absolute atomic E-state index is 0.101. The van der Waals surface area contributed by atoms with Crippen LogP contribution in [-0.2, 0) is 9.59 Å². The van der Waals surface area contributed by atoms with Crippen molar-refractivity contribution in [1.82, 2.24) is 5.73 Å². The second kappa shape index (κ2) is 4.25. The predicted molar refractivity (Wildman–Crippen MR) is 45.8 cm³/mol. The fraction of sp³-hybridized carbons (Fsp3) is 0.778. The number of rotatable bonds is 3. The lowest BCUT2D eigenvalue weighted by molar-refractivity contribution is -0.145. The number of hydrogen-bond acceptors (Lipinski definition) is 2. The van der Waals surface area contributed by atoms with Gasteiger partial charge in [0.2, 0.25) is 5.91 Å². The first-order chi connectivity index (χ1) is 6.11. The topological polar surface area (TPSA) is 78.2 Å². The van der Waals surface area contributed by atoms with Gasteiger partial charge in [-0.05, 0) is 18.8 Å². The predicted octanol–water partition coefficient (Wildman–Crippen LogP) is 1.08. The van der Waals surface area contributed by atoms with E-state index in [9.17, 15) is 9.59 Å². The molecule has 0 heterocycles. The van der Waals surface area contributed by atoms with Gasteiger partial charge in [0.15, 0.2) is 0 Å². The van der Waals surface area contributed by atoms with Crippen LogP contribution in [0.5, 0.6) is 0 Å². The van der Waals surface area contributed by atoms with Crippen LogP contribution in [0.25, 0.3) is 0 Å². The average molecular weight is 184 g/mol. The molecule has 0 aromatic carbocycles. The molecular weight excluding hydrogens is 170 g/mol. The van der Waals surface area contributed by atoms with E-state index in [1.807, 2.05) is 0 Å². The molecule has 4 heteroatoms. The first-order valence-corrected chi connectivity index (χ1v) is 4.58. The number of carbonyl (C=O) groups excluding carboxylic acids is 1. The summed E-state index contributed by atoms with van der Waals surface area (Å²) in [6, 6.07) is 0. The Bertz CT molecular complexity index is 215. The van der Waals surface area contributed by atoms with Crippen molar-refractivity contribution in [2.24, 2.45) is 11.8 Å². The first-order valence-electron chi connectivity index (χ1n) is 4.58. The molecule has 0 saturated heterocycles. The highest BCUT2D eigenvalue weighted by Crippen LogP contribution is 2.32. The van der Waals surface area contributed by atoms with E-state index in [2.05, 4.69) is 0 Å². The maximum Gasteiger partial charge on any atom is 0.306 e. The van der Waals surface area contributed by atoms with Gasteiger partial charge in [0.1, 0.15) is 0 Å². The van der Waals surface area contributed by atoms with Gasteiger partial charge in [-0.2, -0.15) is 0 Å². The van der Waals surface area contributed by atoms with Crippen LogP contribution in [0.2, 0.25) is 0 Å². The quantitative estimate of drug-likeness (QED) is 0.712. The molecule has 2 unspecified atom stereocenters. The summed E-state index contributed by atoms with van der Waals surface area (Å²) in [6.07, 6.45) is 3.47. The van der Waals surface area contributed by atoms with Crippen LogP contribution in [0.1, 0.15) is 32.1 Å². The molecule has 73 valence electrons. The highest BCUT2D eigenvalue weighted by atomic mass is 16.4. The fourth-order valence-electron chi connectivity index (χ4n) is 2.02. The maximum absolute atomic E-state index is 10.8. The Hall–Kier alpha value is -1.06. The van der Waals surface area contributed by atoms with Crippen LogP contribution < -0.4 is 5.73 Å². The monoisotopic (exact) mass is 184 g/mol. The van der Waals surface area contributed by atoms with Gasteiger partial charge in [-0.25, -0.2) is 0 Å². The van der Waals surface area contributed by atoms with Crippen LogP contribution in [-0.4, -0.2) is 17.0 Å². The molecule has 2 N–H and O–H groups in total. The lowest BCUT2D eigenvalue weighted by Crippen LogP contribution is -2.28. The van der Waals surface area contributed by atoms with Crippen LogP contribution in [0.3, 0.4) is 0 Å². The van der Waals surface area contributed by atoms with Gasteiger partial charge in [-0.3, -0.25) is 15.3 Å². The number of hydrogen-bond donors (Lipinski definition) is 1. The number of carboxylic acid groups (broad SMARTS) is 1. The van der Waals surface area contributed by atoms with Gasteiger partial charge >= 0.3 is 5.97 Å². The third-order valence-corrected chi connectivity index (χ3v) is 2.67. The normalized spacial score (nSPS) is 28.3. The molecule has 0 aromatic rings. The number of nitrogens with one attached hydrogen (secondary N) is 1. The summed E-state index contributed by atoms with van der Waals surface area (Å²) in [6.45, 7) is 0. The lowest BCUT2D eigenvalue weighted by Gasteiger charge is -2.27. The van der Waals surface area contributed by atoms with Crippen molar-refractivity contribution in [2.45, 2.75) is 32.1 Å². The van der Waals surface area contributed by atoms with Crippen LogP contribution >= 0.6 is 0 Å². The van der Waals surface area contributed by atoms with Crippen molar-refractivity contribution in [3.8, 4) is 0 Å². The standard InChI is InChI=1S/C9H14NO3/c10-8(11)5-6-3-1-2-4-7(6)9(12)13/h6-7,10H,1-5H2,(H,12,13). The van der Waals surface area contributed by atoms with Gasteiger partial charge < -0.3 is 5.11 Å². The second-order valence-electron chi connectivity index (χ2n) is 3.62. The molecule has 0 spiro atoms.